The molecule has 0 fully saturated rings. The molecule has 1 aliphatic rings. The molecule has 10 heteroatoms. The van der Waals surface area contributed by atoms with Crippen LogP contribution in [0.2, 0.25) is 5.02 Å². The summed E-state index contributed by atoms with van der Waals surface area (Å²) in [5, 5.41) is 14.1. The highest BCUT2D eigenvalue weighted by Gasteiger charge is 2.21. The minimum Gasteiger partial charge on any atom is -0.454 e. The second-order valence-corrected chi connectivity index (χ2v) is 7.83. The summed E-state index contributed by atoms with van der Waals surface area (Å²) < 4.78 is 12.5. The first kappa shape index (κ1) is 20.6. The fourth-order valence-electron chi connectivity index (χ4n) is 3.82. The lowest BCUT2D eigenvalue weighted by Gasteiger charge is -2.22. The number of pyridine rings is 1. The Morgan fingerprint density at radius 2 is 2.06 bits per heavy atom. The third-order valence-electron chi connectivity index (χ3n) is 5.36. The number of hydrogen-bond acceptors (Lipinski definition) is 8. The molecule has 3 heterocycles. The smallest absolute Gasteiger partial charge is 0.264 e. The van der Waals surface area contributed by atoms with E-state index in [-0.39, 0.29) is 29.7 Å². The van der Waals surface area contributed by atoms with Crippen LogP contribution in [-0.4, -0.2) is 21.3 Å². The summed E-state index contributed by atoms with van der Waals surface area (Å²) in [5.41, 5.74) is 6.86. The molecule has 33 heavy (non-hydrogen) atoms. The highest BCUT2D eigenvalue weighted by molar-refractivity contribution is 6.35. The molecule has 0 bridgehead atoms. The highest BCUT2D eigenvalue weighted by Crippen LogP contribution is 2.35. The van der Waals surface area contributed by atoms with Crippen LogP contribution < -0.4 is 26.1 Å². The summed E-state index contributed by atoms with van der Waals surface area (Å²) in [5.74, 6) is 1.45. The van der Waals surface area contributed by atoms with E-state index >= 15 is 0 Å². The van der Waals surface area contributed by atoms with Gasteiger partial charge in [-0.1, -0.05) is 23.7 Å². The van der Waals surface area contributed by atoms with Crippen LogP contribution in [-0.2, 0) is 0 Å². The molecule has 5 rings (SSSR count). The van der Waals surface area contributed by atoms with E-state index in [1.54, 1.807) is 34.9 Å². The number of nitriles is 1. The second kappa shape index (κ2) is 8.00. The second-order valence-electron chi connectivity index (χ2n) is 7.42. The molecule has 0 amide bonds. The van der Waals surface area contributed by atoms with E-state index in [9.17, 15) is 10.1 Å². The van der Waals surface area contributed by atoms with Crippen LogP contribution in [0.4, 0.5) is 11.8 Å². The molecule has 0 spiro atoms. The van der Waals surface area contributed by atoms with Gasteiger partial charge >= 0.3 is 0 Å². The first-order valence-electron chi connectivity index (χ1n) is 9.99. The van der Waals surface area contributed by atoms with E-state index in [4.69, 9.17) is 26.8 Å². The van der Waals surface area contributed by atoms with Gasteiger partial charge in [-0.05, 0) is 36.6 Å². The highest BCUT2D eigenvalue weighted by atomic mass is 35.5. The van der Waals surface area contributed by atoms with Gasteiger partial charge in [0.05, 0.1) is 28.3 Å². The lowest BCUT2D eigenvalue weighted by Crippen LogP contribution is -2.26. The Kier molecular flexibility index (Phi) is 4.99. The van der Waals surface area contributed by atoms with E-state index in [2.05, 4.69) is 15.3 Å². The van der Waals surface area contributed by atoms with Gasteiger partial charge in [-0.2, -0.15) is 10.2 Å². The Morgan fingerprint density at radius 3 is 2.88 bits per heavy atom. The maximum Gasteiger partial charge on any atom is 0.264 e. The lowest BCUT2D eigenvalue weighted by molar-refractivity contribution is 0.174. The first-order chi connectivity index (χ1) is 16.0. The molecular formula is C23H17ClN6O3. The zero-order valence-electron chi connectivity index (χ0n) is 17.4. The van der Waals surface area contributed by atoms with Crippen LogP contribution >= 0.6 is 11.6 Å². The summed E-state index contributed by atoms with van der Waals surface area (Å²) >= 11 is 6.39. The molecule has 0 aliphatic carbocycles. The minimum atomic E-state index is -0.451. The molecule has 0 radical (unpaired) electrons. The number of nitrogen functional groups attached to an aromatic ring is 1. The number of rotatable bonds is 4. The van der Waals surface area contributed by atoms with E-state index < -0.39 is 6.04 Å². The molecule has 0 saturated heterocycles. The predicted molar refractivity (Wildman–Crippen MR) is 124 cm³/mol. The quantitative estimate of drug-likeness (QED) is 0.470. The number of anilines is 2. The Morgan fingerprint density at radius 1 is 1.24 bits per heavy atom. The van der Waals surface area contributed by atoms with Crippen molar-refractivity contribution >= 4 is 34.1 Å². The molecular weight excluding hydrogens is 444 g/mol. The maximum absolute atomic E-state index is 13.7. The standard InChI is InChI=1S/C23H17ClN6O3/c1-12(28-21-14(9-25)10-27-23(26)29-21)17-7-13-3-2-4-16(24)20(13)22(31)30(17)15-5-6-18-19(8-15)33-11-32-18/h2-8,10,12H,11H2,1H3,(H3,26,27,28,29). The molecule has 2 aromatic carbocycles. The van der Waals surface area contributed by atoms with Crippen molar-refractivity contribution in [3.8, 4) is 23.3 Å². The minimum absolute atomic E-state index is 0.0298. The van der Waals surface area contributed by atoms with Gasteiger partial charge in [0, 0.05) is 11.8 Å². The molecule has 0 saturated carbocycles. The van der Waals surface area contributed by atoms with Crippen molar-refractivity contribution in [1.82, 2.24) is 14.5 Å². The van der Waals surface area contributed by atoms with Gasteiger partial charge in [-0.15, -0.1) is 0 Å². The summed E-state index contributed by atoms with van der Waals surface area (Å²) in [7, 11) is 0. The summed E-state index contributed by atoms with van der Waals surface area (Å²) in [6.07, 6.45) is 1.35. The normalized spacial score (nSPS) is 13.0. The Bertz CT molecular complexity index is 1510. The van der Waals surface area contributed by atoms with Crippen LogP contribution in [0.15, 0.2) is 53.5 Å². The van der Waals surface area contributed by atoms with Crippen molar-refractivity contribution in [2.75, 3.05) is 17.8 Å². The molecule has 1 unspecified atom stereocenters. The number of nitrogens with two attached hydrogens (primary N) is 1. The largest absolute Gasteiger partial charge is 0.454 e. The van der Waals surface area contributed by atoms with E-state index in [1.807, 2.05) is 25.1 Å². The third kappa shape index (κ3) is 3.56. The summed E-state index contributed by atoms with van der Waals surface area (Å²) in [4.78, 5) is 21.7. The topological polar surface area (TPSA) is 128 Å². The van der Waals surface area contributed by atoms with E-state index in [0.717, 1.165) is 0 Å². The number of benzene rings is 2. The number of halogens is 1. The number of aromatic nitrogens is 3. The van der Waals surface area contributed by atoms with Crippen molar-refractivity contribution in [2.24, 2.45) is 0 Å². The van der Waals surface area contributed by atoms with Crippen molar-refractivity contribution in [2.45, 2.75) is 13.0 Å². The van der Waals surface area contributed by atoms with Gasteiger partial charge in [0.2, 0.25) is 12.7 Å². The van der Waals surface area contributed by atoms with Gasteiger partial charge in [-0.25, -0.2) is 4.98 Å². The van der Waals surface area contributed by atoms with Crippen molar-refractivity contribution in [3.63, 3.8) is 0 Å². The van der Waals surface area contributed by atoms with Gasteiger partial charge in [-0.3, -0.25) is 9.36 Å². The fourth-order valence-corrected chi connectivity index (χ4v) is 4.08. The Hall–Kier alpha value is -4.29. The zero-order chi connectivity index (χ0) is 23.1. The SMILES string of the molecule is CC(Nc1nc(N)ncc1C#N)c1cc2cccc(Cl)c2c(=O)n1-c1ccc2c(c1)OCO2. The number of nitrogens with one attached hydrogen (secondary N) is 1. The van der Waals surface area contributed by atoms with Crippen LogP contribution in [0.25, 0.3) is 16.5 Å². The van der Waals surface area contributed by atoms with E-state index in [1.165, 1.54) is 6.20 Å². The van der Waals surface area contributed by atoms with Gasteiger partial charge in [0.25, 0.3) is 5.56 Å². The Labute approximate surface area is 193 Å². The van der Waals surface area contributed by atoms with Gasteiger partial charge in [0.1, 0.15) is 17.5 Å². The predicted octanol–water partition coefficient (Wildman–Crippen LogP) is 3.79. The van der Waals surface area contributed by atoms with Crippen LogP contribution in [0.5, 0.6) is 11.5 Å². The Balaban J connectivity index is 1.71. The van der Waals surface area contributed by atoms with E-state index in [0.29, 0.717) is 38.7 Å². The molecule has 9 nitrogen and oxygen atoms in total. The maximum atomic E-state index is 13.7. The monoisotopic (exact) mass is 460 g/mol. The van der Waals surface area contributed by atoms with Crippen LogP contribution in [0.1, 0.15) is 24.2 Å². The third-order valence-corrected chi connectivity index (χ3v) is 5.68. The first-order valence-corrected chi connectivity index (χ1v) is 10.4. The van der Waals surface area contributed by atoms with Crippen molar-refractivity contribution < 1.29 is 9.47 Å². The fraction of sp³-hybridized carbons (Fsp3) is 0.130. The zero-order valence-corrected chi connectivity index (χ0v) is 18.1. The molecule has 2 aromatic heterocycles. The molecule has 1 aliphatic heterocycles. The molecule has 164 valence electrons. The lowest BCUT2D eigenvalue weighted by atomic mass is 10.1. The number of ether oxygens (including phenoxy) is 2. The van der Waals surface area contributed by atoms with Crippen LogP contribution in [0.3, 0.4) is 0 Å². The molecule has 3 N–H and O–H groups in total. The number of hydrogen-bond donors (Lipinski definition) is 2. The average Bonchev–Trinajstić information content (AvgIpc) is 3.27. The van der Waals surface area contributed by atoms with Crippen molar-refractivity contribution in [3.05, 3.63) is 75.3 Å². The van der Waals surface area contributed by atoms with Crippen LogP contribution in [0, 0.1) is 11.3 Å². The van der Waals surface area contributed by atoms with Gasteiger partial charge in [0.15, 0.2) is 11.5 Å². The van der Waals surface area contributed by atoms with Crippen molar-refractivity contribution in [1.29, 1.82) is 5.26 Å². The van der Waals surface area contributed by atoms with Gasteiger partial charge < -0.3 is 20.5 Å². The average molecular weight is 461 g/mol. The molecule has 1 atom stereocenters. The molecule has 4 aromatic rings. The number of fused-ring (bicyclic) bond motifs is 2. The summed E-state index contributed by atoms with van der Waals surface area (Å²) in [6.45, 7) is 1.97. The summed E-state index contributed by atoms with van der Waals surface area (Å²) in [6, 6.07) is 14.0. The number of nitrogens with zero attached hydrogens (tertiary/aromatic N) is 4.